The molecule has 0 saturated heterocycles. The van der Waals surface area contributed by atoms with Crippen LogP contribution in [-0.4, -0.2) is 33.4 Å². The first kappa shape index (κ1) is 18.2. The lowest BCUT2D eigenvalue weighted by atomic mass is 9.81. The Bertz CT molecular complexity index is 888. The number of aromatic amines is 1. The van der Waals surface area contributed by atoms with Crippen molar-refractivity contribution in [2.24, 2.45) is 5.92 Å². The molecule has 138 valence electrons. The fourth-order valence-corrected chi connectivity index (χ4v) is 3.99. The largest absolute Gasteiger partial charge is 0.478 e. The molecule has 3 rings (SSSR count). The molecular weight excluding hydrogens is 328 g/mol. The number of para-hydroxylation sites is 1. The standard InChI is InChI=1S/C21H26N2O3/c1-5-13(6-2)19(24)23-11-15(20(25)26)18-17(21(3,4)12-23)14-9-7-8-10-16(14)22-18/h7-11,13,22H,5-6,12H2,1-4H3,(H,25,26). The molecule has 1 aliphatic heterocycles. The molecule has 0 fully saturated rings. The van der Waals surface area contributed by atoms with E-state index in [4.69, 9.17) is 0 Å². The molecule has 1 amide bonds. The summed E-state index contributed by atoms with van der Waals surface area (Å²) >= 11 is 0. The summed E-state index contributed by atoms with van der Waals surface area (Å²) in [5, 5.41) is 10.8. The van der Waals surface area contributed by atoms with E-state index in [1.165, 1.54) is 6.20 Å². The van der Waals surface area contributed by atoms with Gasteiger partial charge in [0.25, 0.3) is 0 Å². The topological polar surface area (TPSA) is 73.4 Å². The summed E-state index contributed by atoms with van der Waals surface area (Å²) in [5.41, 5.74) is 2.23. The highest BCUT2D eigenvalue weighted by molar-refractivity contribution is 6.17. The third-order valence-electron chi connectivity index (χ3n) is 5.35. The summed E-state index contributed by atoms with van der Waals surface area (Å²) in [5.74, 6) is -1.13. The number of aliphatic carboxylic acids is 1. The maximum Gasteiger partial charge on any atom is 0.339 e. The predicted molar refractivity (Wildman–Crippen MR) is 103 cm³/mol. The van der Waals surface area contributed by atoms with Crippen LogP contribution in [-0.2, 0) is 15.0 Å². The smallest absolute Gasteiger partial charge is 0.339 e. The van der Waals surface area contributed by atoms with Gasteiger partial charge in [-0.2, -0.15) is 0 Å². The second kappa shape index (κ2) is 6.63. The minimum Gasteiger partial charge on any atom is -0.478 e. The lowest BCUT2D eigenvalue weighted by Crippen LogP contribution is -2.39. The van der Waals surface area contributed by atoms with Crippen molar-refractivity contribution in [2.45, 2.75) is 46.0 Å². The lowest BCUT2D eigenvalue weighted by Gasteiger charge is -2.31. The third kappa shape index (κ3) is 2.91. The molecule has 26 heavy (non-hydrogen) atoms. The van der Waals surface area contributed by atoms with Crippen molar-refractivity contribution in [1.82, 2.24) is 9.88 Å². The Kier molecular flexibility index (Phi) is 4.65. The number of nitrogens with zero attached hydrogens (tertiary/aromatic N) is 1. The summed E-state index contributed by atoms with van der Waals surface area (Å²) < 4.78 is 0. The minimum absolute atomic E-state index is 0.00344. The van der Waals surface area contributed by atoms with Crippen molar-refractivity contribution >= 4 is 28.4 Å². The van der Waals surface area contributed by atoms with Crippen molar-refractivity contribution in [3.63, 3.8) is 0 Å². The van der Waals surface area contributed by atoms with Gasteiger partial charge in [0, 0.05) is 35.0 Å². The Morgan fingerprint density at radius 2 is 1.88 bits per heavy atom. The number of carboxylic acids is 1. The second-order valence-corrected chi connectivity index (χ2v) is 7.63. The molecule has 2 aromatic rings. The van der Waals surface area contributed by atoms with E-state index in [1.54, 1.807) is 4.90 Å². The zero-order valence-corrected chi connectivity index (χ0v) is 15.8. The average molecular weight is 354 g/mol. The van der Waals surface area contributed by atoms with E-state index in [0.717, 1.165) is 29.3 Å². The van der Waals surface area contributed by atoms with Crippen molar-refractivity contribution in [2.75, 3.05) is 6.54 Å². The predicted octanol–water partition coefficient (Wildman–Crippen LogP) is 4.15. The number of hydrogen-bond acceptors (Lipinski definition) is 2. The zero-order valence-electron chi connectivity index (χ0n) is 15.8. The van der Waals surface area contributed by atoms with Gasteiger partial charge in [0.2, 0.25) is 5.91 Å². The third-order valence-corrected chi connectivity index (χ3v) is 5.35. The number of amides is 1. The van der Waals surface area contributed by atoms with Crippen molar-refractivity contribution in [1.29, 1.82) is 0 Å². The van der Waals surface area contributed by atoms with Crippen LogP contribution in [0.5, 0.6) is 0 Å². The van der Waals surface area contributed by atoms with Gasteiger partial charge in [0.05, 0.1) is 11.3 Å². The Balaban J connectivity index is 2.21. The molecule has 0 saturated carbocycles. The van der Waals surface area contributed by atoms with Gasteiger partial charge in [0.1, 0.15) is 0 Å². The van der Waals surface area contributed by atoms with E-state index >= 15 is 0 Å². The van der Waals surface area contributed by atoms with Crippen LogP contribution in [0.1, 0.15) is 51.8 Å². The monoisotopic (exact) mass is 354 g/mol. The number of hydrogen-bond donors (Lipinski definition) is 2. The Hall–Kier alpha value is -2.56. The van der Waals surface area contributed by atoms with Crippen LogP contribution >= 0.6 is 0 Å². The summed E-state index contributed by atoms with van der Waals surface area (Å²) in [6.07, 6.45) is 3.01. The van der Waals surface area contributed by atoms with E-state index in [0.29, 0.717) is 12.2 Å². The van der Waals surface area contributed by atoms with Crippen molar-refractivity contribution < 1.29 is 14.7 Å². The molecule has 0 atom stereocenters. The number of rotatable bonds is 4. The molecular formula is C21H26N2O3. The number of carbonyl (C=O) groups is 2. The summed E-state index contributed by atoms with van der Waals surface area (Å²) in [4.78, 5) is 29.9. The molecule has 5 heteroatoms. The Morgan fingerprint density at radius 1 is 1.23 bits per heavy atom. The zero-order chi connectivity index (χ0) is 19.1. The molecule has 5 nitrogen and oxygen atoms in total. The highest BCUT2D eigenvalue weighted by Gasteiger charge is 2.37. The fraction of sp³-hybridized carbons (Fsp3) is 0.429. The van der Waals surface area contributed by atoms with E-state index < -0.39 is 5.97 Å². The maximum atomic E-state index is 13.0. The molecule has 1 aromatic heterocycles. The van der Waals surface area contributed by atoms with Crippen LogP contribution < -0.4 is 0 Å². The SMILES string of the molecule is CCC(CC)C(=O)N1C=C(C(=O)O)c2[nH]c3ccccc3c2C(C)(C)C1. The number of carboxylic acid groups (broad SMARTS) is 1. The number of fused-ring (bicyclic) bond motifs is 3. The summed E-state index contributed by atoms with van der Waals surface area (Å²) in [7, 11) is 0. The van der Waals surface area contributed by atoms with Gasteiger partial charge in [0.15, 0.2) is 0 Å². The van der Waals surface area contributed by atoms with Gasteiger partial charge in [-0.05, 0) is 24.5 Å². The normalized spacial score (nSPS) is 16.3. The van der Waals surface area contributed by atoms with E-state index in [-0.39, 0.29) is 22.8 Å². The molecule has 2 heterocycles. The fourth-order valence-electron chi connectivity index (χ4n) is 3.99. The minimum atomic E-state index is -1.03. The molecule has 0 spiro atoms. The molecule has 2 N–H and O–H groups in total. The number of benzene rings is 1. The van der Waals surface area contributed by atoms with E-state index in [9.17, 15) is 14.7 Å². The van der Waals surface area contributed by atoms with Gasteiger partial charge in [-0.1, -0.05) is 45.9 Å². The molecule has 0 bridgehead atoms. The number of nitrogens with one attached hydrogen (secondary N) is 1. The van der Waals surface area contributed by atoms with E-state index in [1.807, 2.05) is 38.1 Å². The Labute approximate surface area is 153 Å². The van der Waals surface area contributed by atoms with Gasteiger partial charge >= 0.3 is 5.97 Å². The molecule has 0 aliphatic carbocycles. The van der Waals surface area contributed by atoms with Crippen molar-refractivity contribution in [3.8, 4) is 0 Å². The first-order valence-electron chi connectivity index (χ1n) is 9.17. The number of H-pyrrole nitrogens is 1. The average Bonchev–Trinajstić information content (AvgIpc) is 2.93. The second-order valence-electron chi connectivity index (χ2n) is 7.63. The van der Waals surface area contributed by atoms with Crippen LogP contribution in [0.25, 0.3) is 16.5 Å². The summed E-state index contributed by atoms with van der Waals surface area (Å²) in [6, 6.07) is 7.84. The van der Waals surface area contributed by atoms with Gasteiger partial charge < -0.3 is 15.0 Å². The maximum absolute atomic E-state index is 13.0. The molecule has 1 aromatic carbocycles. The van der Waals surface area contributed by atoms with Gasteiger partial charge in [-0.15, -0.1) is 0 Å². The van der Waals surface area contributed by atoms with Crippen LogP contribution in [0.2, 0.25) is 0 Å². The lowest BCUT2D eigenvalue weighted by molar-refractivity contribution is -0.133. The van der Waals surface area contributed by atoms with Gasteiger partial charge in [-0.25, -0.2) is 4.79 Å². The van der Waals surface area contributed by atoms with Crippen LogP contribution in [0.3, 0.4) is 0 Å². The number of carbonyl (C=O) groups excluding carboxylic acids is 1. The molecule has 1 aliphatic rings. The highest BCUT2D eigenvalue weighted by atomic mass is 16.4. The Morgan fingerprint density at radius 3 is 2.50 bits per heavy atom. The van der Waals surface area contributed by atoms with Crippen LogP contribution in [0.4, 0.5) is 0 Å². The quantitative estimate of drug-likeness (QED) is 0.866. The van der Waals surface area contributed by atoms with Crippen LogP contribution in [0, 0.1) is 5.92 Å². The number of aromatic nitrogens is 1. The van der Waals surface area contributed by atoms with E-state index in [2.05, 4.69) is 18.8 Å². The van der Waals surface area contributed by atoms with Gasteiger partial charge in [-0.3, -0.25) is 4.79 Å². The van der Waals surface area contributed by atoms with Crippen molar-refractivity contribution in [3.05, 3.63) is 41.7 Å². The molecule has 0 radical (unpaired) electrons. The first-order valence-corrected chi connectivity index (χ1v) is 9.17. The summed E-state index contributed by atoms with van der Waals surface area (Å²) in [6.45, 7) is 8.57. The highest BCUT2D eigenvalue weighted by Crippen LogP contribution is 2.40. The first-order chi connectivity index (χ1) is 12.3. The molecule has 0 unspecified atom stereocenters. The van der Waals surface area contributed by atoms with Crippen LogP contribution in [0.15, 0.2) is 30.5 Å².